The van der Waals surface area contributed by atoms with Crippen molar-refractivity contribution >= 4 is 23.3 Å². The lowest BCUT2D eigenvalue weighted by Crippen LogP contribution is -2.32. The van der Waals surface area contributed by atoms with Gasteiger partial charge < -0.3 is 14.8 Å². The highest BCUT2D eigenvalue weighted by Crippen LogP contribution is 2.34. The van der Waals surface area contributed by atoms with Crippen LogP contribution in [0.15, 0.2) is 42.5 Å². The summed E-state index contributed by atoms with van der Waals surface area (Å²) in [5, 5.41) is 3.62. The monoisotopic (exact) mass is 401 g/mol. The van der Waals surface area contributed by atoms with Gasteiger partial charge in [0.1, 0.15) is 13.2 Å². The summed E-state index contributed by atoms with van der Waals surface area (Å²) in [5.41, 5.74) is 1.51. The molecule has 1 heterocycles. The van der Waals surface area contributed by atoms with E-state index in [1.807, 2.05) is 32.0 Å². The first-order valence-corrected chi connectivity index (χ1v) is 9.79. The number of ketones is 1. The predicted octanol–water partition coefficient (Wildman–Crippen LogP) is 4.59. The van der Waals surface area contributed by atoms with Gasteiger partial charge in [0.25, 0.3) is 0 Å². The minimum absolute atomic E-state index is 0.0766. The molecule has 3 rings (SSSR count). The van der Waals surface area contributed by atoms with E-state index in [1.54, 1.807) is 24.3 Å². The van der Waals surface area contributed by atoms with Crippen molar-refractivity contribution in [3.8, 4) is 11.5 Å². The van der Waals surface area contributed by atoms with Crippen molar-refractivity contribution in [2.45, 2.75) is 32.7 Å². The highest BCUT2D eigenvalue weighted by Gasteiger charge is 2.22. The molecule has 1 amide bonds. The van der Waals surface area contributed by atoms with Crippen LogP contribution >= 0.6 is 11.6 Å². The molecule has 0 saturated carbocycles. The lowest BCUT2D eigenvalue weighted by molar-refractivity contribution is -0.122. The molecule has 1 aliphatic heterocycles. The molecule has 0 aromatic heterocycles. The van der Waals surface area contributed by atoms with E-state index in [2.05, 4.69) is 5.32 Å². The van der Waals surface area contributed by atoms with Crippen molar-refractivity contribution in [3.63, 3.8) is 0 Å². The zero-order valence-corrected chi connectivity index (χ0v) is 16.8. The van der Waals surface area contributed by atoms with Gasteiger partial charge in [0, 0.05) is 23.4 Å². The van der Waals surface area contributed by atoms with Gasteiger partial charge in [-0.25, -0.2) is 0 Å². The summed E-state index contributed by atoms with van der Waals surface area (Å²) in [4.78, 5) is 24.7. The van der Waals surface area contributed by atoms with Crippen LogP contribution in [-0.2, 0) is 4.79 Å². The van der Waals surface area contributed by atoms with Crippen molar-refractivity contribution in [1.82, 2.24) is 5.32 Å². The summed E-state index contributed by atoms with van der Waals surface area (Å²) in [7, 11) is 0. The Morgan fingerprint density at radius 3 is 2.36 bits per heavy atom. The fourth-order valence-electron chi connectivity index (χ4n) is 3.14. The van der Waals surface area contributed by atoms with Crippen LogP contribution in [0.5, 0.6) is 11.5 Å². The molecule has 6 heteroatoms. The molecular formula is C22H24ClNO4. The number of hydrogen-bond donors (Lipinski definition) is 1. The van der Waals surface area contributed by atoms with Crippen LogP contribution in [0.2, 0.25) is 5.02 Å². The van der Waals surface area contributed by atoms with Crippen LogP contribution in [0.25, 0.3) is 0 Å². The smallest absolute Gasteiger partial charge is 0.220 e. The second-order valence-electron chi connectivity index (χ2n) is 7.12. The molecular weight excluding hydrogens is 378 g/mol. The minimum atomic E-state index is -0.172. The number of hydrogen-bond acceptors (Lipinski definition) is 4. The second-order valence-corrected chi connectivity index (χ2v) is 7.56. The van der Waals surface area contributed by atoms with Gasteiger partial charge in [-0.05, 0) is 47.9 Å². The molecule has 5 nitrogen and oxygen atoms in total. The largest absolute Gasteiger partial charge is 0.486 e. The summed E-state index contributed by atoms with van der Waals surface area (Å²) in [6, 6.07) is 12.2. The average Bonchev–Trinajstić information content (AvgIpc) is 2.70. The zero-order valence-electron chi connectivity index (χ0n) is 16.0. The van der Waals surface area contributed by atoms with Gasteiger partial charge in [-0.1, -0.05) is 31.5 Å². The molecule has 28 heavy (non-hydrogen) atoms. The summed E-state index contributed by atoms with van der Waals surface area (Å²) < 4.78 is 11.2. The number of rotatable bonds is 7. The predicted molar refractivity (Wildman–Crippen MR) is 108 cm³/mol. The first-order valence-electron chi connectivity index (χ1n) is 9.41. The summed E-state index contributed by atoms with van der Waals surface area (Å²) in [6.07, 6.45) is 0.286. The molecule has 2 aromatic rings. The van der Waals surface area contributed by atoms with Gasteiger partial charge in [-0.3, -0.25) is 9.59 Å². The third-order valence-corrected chi connectivity index (χ3v) is 4.91. The topological polar surface area (TPSA) is 64.6 Å². The zero-order chi connectivity index (χ0) is 20.1. The quantitative estimate of drug-likeness (QED) is 0.689. The number of benzene rings is 2. The SMILES string of the molecule is CC(C)C(NC(=O)CCC(=O)c1ccc(Cl)cc1)c1ccc2c(c1)OCCO2. The van der Waals surface area contributed by atoms with Crippen molar-refractivity contribution in [3.05, 3.63) is 58.6 Å². The number of ether oxygens (including phenoxy) is 2. The van der Waals surface area contributed by atoms with Crippen LogP contribution in [0, 0.1) is 5.92 Å². The van der Waals surface area contributed by atoms with Gasteiger partial charge in [0.2, 0.25) is 5.91 Å². The highest BCUT2D eigenvalue weighted by atomic mass is 35.5. The Hall–Kier alpha value is -2.53. The Morgan fingerprint density at radius 2 is 1.68 bits per heavy atom. The normalized spacial score (nSPS) is 13.9. The number of Topliss-reactive ketones (excluding diaryl/α,β-unsaturated/α-hetero) is 1. The standard InChI is InChI=1S/C22H24ClNO4/c1-14(2)22(16-5-9-19-20(13-16)28-12-11-27-19)24-21(26)10-8-18(25)15-3-6-17(23)7-4-15/h3-7,9,13-14,22H,8,10-12H2,1-2H3,(H,24,26). The lowest BCUT2D eigenvalue weighted by Gasteiger charge is -2.25. The van der Waals surface area contributed by atoms with Crippen molar-refractivity contribution < 1.29 is 19.1 Å². The summed E-state index contributed by atoms with van der Waals surface area (Å²) in [6.45, 7) is 5.14. The third-order valence-electron chi connectivity index (χ3n) is 4.65. The number of carbonyl (C=O) groups excluding carboxylic acids is 2. The molecule has 0 aliphatic carbocycles. The molecule has 1 atom stereocenters. The fraction of sp³-hybridized carbons (Fsp3) is 0.364. The van der Waals surface area contributed by atoms with E-state index in [4.69, 9.17) is 21.1 Å². The number of carbonyl (C=O) groups is 2. The Kier molecular flexibility index (Phi) is 6.57. The van der Waals surface area contributed by atoms with Gasteiger partial charge in [-0.2, -0.15) is 0 Å². The maximum atomic E-state index is 12.5. The van der Waals surface area contributed by atoms with Gasteiger partial charge in [-0.15, -0.1) is 0 Å². The molecule has 0 radical (unpaired) electrons. The van der Waals surface area contributed by atoms with Crippen LogP contribution in [0.1, 0.15) is 48.7 Å². The molecule has 2 aromatic carbocycles. The fourth-order valence-corrected chi connectivity index (χ4v) is 3.27. The first-order chi connectivity index (χ1) is 13.4. The second kappa shape index (κ2) is 9.11. The van der Waals surface area contributed by atoms with Gasteiger partial charge >= 0.3 is 0 Å². The van der Waals surface area contributed by atoms with E-state index in [-0.39, 0.29) is 36.5 Å². The third kappa shape index (κ3) is 5.04. The van der Waals surface area contributed by atoms with Gasteiger partial charge in [0.05, 0.1) is 6.04 Å². The Labute approximate surface area is 170 Å². The summed E-state index contributed by atoms with van der Waals surface area (Å²) >= 11 is 5.84. The minimum Gasteiger partial charge on any atom is -0.486 e. The Bertz CT molecular complexity index is 848. The van der Waals surface area contributed by atoms with Crippen LogP contribution in [0.3, 0.4) is 0 Å². The molecule has 0 fully saturated rings. The van der Waals surface area contributed by atoms with E-state index in [1.165, 1.54) is 0 Å². The van der Waals surface area contributed by atoms with E-state index in [0.29, 0.717) is 29.5 Å². The molecule has 0 spiro atoms. The molecule has 148 valence electrons. The maximum absolute atomic E-state index is 12.5. The van der Waals surface area contributed by atoms with Crippen molar-refractivity contribution in [1.29, 1.82) is 0 Å². The molecule has 0 saturated heterocycles. The highest BCUT2D eigenvalue weighted by molar-refractivity contribution is 6.30. The molecule has 1 N–H and O–H groups in total. The maximum Gasteiger partial charge on any atom is 0.220 e. The number of fused-ring (bicyclic) bond motifs is 1. The van der Waals surface area contributed by atoms with E-state index in [9.17, 15) is 9.59 Å². The van der Waals surface area contributed by atoms with Crippen LogP contribution in [-0.4, -0.2) is 24.9 Å². The van der Waals surface area contributed by atoms with Gasteiger partial charge in [0.15, 0.2) is 17.3 Å². The molecule has 1 aliphatic rings. The van der Waals surface area contributed by atoms with E-state index < -0.39 is 0 Å². The van der Waals surface area contributed by atoms with E-state index in [0.717, 1.165) is 11.3 Å². The van der Waals surface area contributed by atoms with E-state index >= 15 is 0 Å². The average molecular weight is 402 g/mol. The number of amides is 1. The number of nitrogens with one attached hydrogen (secondary N) is 1. The number of halogens is 1. The van der Waals surface area contributed by atoms with Crippen molar-refractivity contribution in [2.24, 2.45) is 5.92 Å². The Balaban J connectivity index is 1.61. The van der Waals surface area contributed by atoms with Crippen LogP contribution in [0.4, 0.5) is 0 Å². The van der Waals surface area contributed by atoms with Crippen LogP contribution < -0.4 is 14.8 Å². The van der Waals surface area contributed by atoms with Crippen molar-refractivity contribution in [2.75, 3.05) is 13.2 Å². The molecule has 0 bridgehead atoms. The lowest BCUT2D eigenvalue weighted by atomic mass is 9.95. The first kappa shape index (κ1) is 20.2. The summed E-state index contributed by atoms with van der Waals surface area (Å²) in [5.74, 6) is 1.36. The Morgan fingerprint density at radius 1 is 1.00 bits per heavy atom. The molecule has 1 unspecified atom stereocenters.